The Morgan fingerprint density at radius 2 is 2.08 bits per heavy atom. The molecule has 2 aromatic rings. The molecule has 1 fully saturated rings. The van der Waals surface area contributed by atoms with E-state index >= 15 is 0 Å². The second kappa shape index (κ2) is 7.53. The predicted molar refractivity (Wildman–Crippen MR) is 92.0 cm³/mol. The van der Waals surface area contributed by atoms with Gasteiger partial charge < -0.3 is 5.32 Å². The van der Waals surface area contributed by atoms with Crippen molar-refractivity contribution in [2.24, 2.45) is 5.92 Å². The van der Waals surface area contributed by atoms with E-state index in [1.54, 1.807) is 17.5 Å². The van der Waals surface area contributed by atoms with E-state index in [1.165, 1.54) is 36.3 Å². The van der Waals surface area contributed by atoms with Gasteiger partial charge in [-0.15, -0.1) is 11.3 Å². The van der Waals surface area contributed by atoms with E-state index < -0.39 is 4.92 Å². The molecule has 3 rings (SSSR count). The number of nitro groups is 1. The molecule has 1 aromatic heterocycles. The standard InChI is InChI=1S/C17H18N3O3S/c21-16(19-17-18-9-10-24-17)15(11-12-3-1-2-4-12)13-5-7-14(8-6-13)20(22)23/h5-8,10,12,15H,1-4,11H2,(H,18,19,21). The van der Waals surface area contributed by atoms with Crippen LogP contribution in [0.25, 0.3) is 0 Å². The zero-order chi connectivity index (χ0) is 16.9. The molecule has 125 valence electrons. The number of hydrogen-bond acceptors (Lipinski definition) is 5. The van der Waals surface area contributed by atoms with E-state index in [-0.39, 0.29) is 17.5 Å². The number of benzene rings is 1. The van der Waals surface area contributed by atoms with E-state index in [4.69, 9.17) is 0 Å². The van der Waals surface area contributed by atoms with Crippen molar-refractivity contribution < 1.29 is 9.72 Å². The van der Waals surface area contributed by atoms with Crippen LogP contribution in [0.2, 0.25) is 0 Å². The first kappa shape index (κ1) is 16.6. The van der Waals surface area contributed by atoms with Gasteiger partial charge in [-0.2, -0.15) is 0 Å². The summed E-state index contributed by atoms with van der Waals surface area (Å²) in [5.41, 5.74) is 0.846. The van der Waals surface area contributed by atoms with Crippen molar-refractivity contribution in [2.45, 2.75) is 38.0 Å². The number of nitro benzene ring substituents is 1. The van der Waals surface area contributed by atoms with E-state index in [1.807, 2.05) is 0 Å². The molecule has 1 aliphatic rings. The van der Waals surface area contributed by atoms with Crippen molar-refractivity contribution in [1.29, 1.82) is 0 Å². The summed E-state index contributed by atoms with van der Waals surface area (Å²) >= 11 is 1.33. The second-order valence-electron chi connectivity index (χ2n) is 6.06. The van der Waals surface area contributed by atoms with Gasteiger partial charge >= 0.3 is 0 Å². The van der Waals surface area contributed by atoms with Gasteiger partial charge in [0.05, 0.1) is 10.8 Å². The Morgan fingerprint density at radius 3 is 2.67 bits per heavy atom. The molecular formula is C17H18N3O3S. The minimum absolute atomic E-state index is 0.0355. The first-order valence-electron chi connectivity index (χ1n) is 8.00. The fraction of sp³-hybridized carbons (Fsp3) is 0.412. The van der Waals surface area contributed by atoms with Crippen molar-refractivity contribution in [1.82, 2.24) is 4.98 Å². The summed E-state index contributed by atoms with van der Waals surface area (Å²) in [6.07, 6.45) is 8.15. The molecule has 0 bridgehead atoms. The minimum atomic E-state index is -0.429. The highest BCUT2D eigenvalue weighted by Crippen LogP contribution is 2.35. The molecule has 7 heteroatoms. The van der Waals surface area contributed by atoms with Crippen molar-refractivity contribution in [3.8, 4) is 0 Å². The smallest absolute Gasteiger partial charge is 0.269 e. The lowest BCUT2D eigenvalue weighted by molar-refractivity contribution is -0.384. The molecule has 1 amide bonds. The maximum atomic E-state index is 12.7. The molecule has 1 radical (unpaired) electrons. The van der Waals surface area contributed by atoms with Crippen LogP contribution in [-0.4, -0.2) is 15.8 Å². The van der Waals surface area contributed by atoms with Gasteiger partial charge in [-0.1, -0.05) is 37.8 Å². The zero-order valence-corrected chi connectivity index (χ0v) is 13.9. The molecule has 1 aromatic carbocycles. The third-order valence-corrected chi connectivity index (χ3v) is 5.13. The summed E-state index contributed by atoms with van der Waals surface area (Å²) in [5, 5.41) is 15.9. The van der Waals surface area contributed by atoms with Crippen molar-refractivity contribution in [3.63, 3.8) is 0 Å². The van der Waals surface area contributed by atoms with Gasteiger partial charge in [0.25, 0.3) is 5.69 Å². The Kier molecular flexibility index (Phi) is 5.20. The summed E-state index contributed by atoms with van der Waals surface area (Å²) in [5.74, 6) is 0.0932. The van der Waals surface area contributed by atoms with Crippen LogP contribution in [0.5, 0.6) is 0 Å². The summed E-state index contributed by atoms with van der Waals surface area (Å²) in [4.78, 5) is 27.1. The number of amides is 1. The fourth-order valence-corrected chi connectivity index (χ4v) is 3.73. The lowest BCUT2D eigenvalue weighted by Crippen LogP contribution is -2.23. The summed E-state index contributed by atoms with van der Waals surface area (Å²) in [6.45, 7) is 0. The molecule has 0 spiro atoms. The van der Waals surface area contributed by atoms with Gasteiger partial charge in [-0.25, -0.2) is 4.98 Å². The average Bonchev–Trinajstić information content (AvgIpc) is 3.26. The molecule has 24 heavy (non-hydrogen) atoms. The summed E-state index contributed by atoms with van der Waals surface area (Å²) < 4.78 is 0. The largest absolute Gasteiger partial charge is 0.301 e. The van der Waals surface area contributed by atoms with Gasteiger partial charge in [0, 0.05) is 17.5 Å². The van der Waals surface area contributed by atoms with E-state index in [0.29, 0.717) is 11.0 Å². The molecule has 1 saturated carbocycles. The molecule has 6 nitrogen and oxygen atoms in total. The van der Waals surface area contributed by atoms with Crippen LogP contribution in [0, 0.1) is 22.2 Å². The molecule has 1 heterocycles. The van der Waals surface area contributed by atoms with E-state index in [2.05, 4.69) is 16.5 Å². The Labute approximate surface area is 144 Å². The van der Waals surface area contributed by atoms with Gasteiger partial charge in [0.15, 0.2) is 5.13 Å². The Balaban J connectivity index is 1.80. The lowest BCUT2D eigenvalue weighted by Gasteiger charge is -2.20. The van der Waals surface area contributed by atoms with E-state index in [9.17, 15) is 14.9 Å². The zero-order valence-electron chi connectivity index (χ0n) is 13.1. The third-order valence-electron chi connectivity index (χ3n) is 4.49. The number of rotatable bonds is 6. The highest BCUT2D eigenvalue weighted by Gasteiger charge is 2.27. The fourth-order valence-electron chi connectivity index (χ4n) is 3.25. The first-order chi connectivity index (χ1) is 11.6. The quantitative estimate of drug-likeness (QED) is 0.630. The predicted octanol–water partition coefficient (Wildman–Crippen LogP) is 4.15. The number of aromatic nitrogens is 1. The Hall–Kier alpha value is -2.28. The SMILES string of the molecule is O=C(Nc1n[c]cs1)C(CC1CCCC1)c1ccc([N+](=O)[O-])cc1. The monoisotopic (exact) mass is 344 g/mol. The van der Waals surface area contributed by atoms with Crippen LogP contribution < -0.4 is 5.32 Å². The van der Waals surface area contributed by atoms with Crippen molar-refractivity contribution in [3.05, 3.63) is 51.5 Å². The molecule has 1 unspecified atom stereocenters. The topological polar surface area (TPSA) is 85.1 Å². The van der Waals surface area contributed by atoms with Crippen LogP contribution in [0.1, 0.15) is 43.6 Å². The van der Waals surface area contributed by atoms with Gasteiger partial charge in [-0.3, -0.25) is 14.9 Å². The second-order valence-corrected chi connectivity index (χ2v) is 6.92. The normalized spacial score (nSPS) is 16.0. The highest BCUT2D eigenvalue weighted by atomic mass is 32.1. The van der Waals surface area contributed by atoms with Crippen LogP contribution in [0.4, 0.5) is 10.8 Å². The Bertz CT molecular complexity index is 694. The molecule has 1 N–H and O–H groups in total. The number of carbonyl (C=O) groups is 1. The lowest BCUT2D eigenvalue weighted by atomic mass is 9.87. The van der Waals surface area contributed by atoms with Crippen LogP contribution in [0.15, 0.2) is 29.6 Å². The maximum absolute atomic E-state index is 12.7. The van der Waals surface area contributed by atoms with Gasteiger partial charge in [0.2, 0.25) is 5.91 Å². The number of anilines is 1. The first-order valence-corrected chi connectivity index (χ1v) is 8.88. The average molecular weight is 344 g/mol. The van der Waals surface area contributed by atoms with Crippen molar-refractivity contribution in [2.75, 3.05) is 5.32 Å². The van der Waals surface area contributed by atoms with Crippen LogP contribution in [-0.2, 0) is 4.79 Å². The number of nitrogens with zero attached hydrogens (tertiary/aromatic N) is 2. The van der Waals surface area contributed by atoms with Crippen molar-refractivity contribution >= 4 is 28.1 Å². The molecule has 1 atom stereocenters. The van der Waals surface area contributed by atoms with Gasteiger partial charge in [-0.05, 0) is 17.9 Å². The molecule has 1 aliphatic carbocycles. The number of hydrogen-bond donors (Lipinski definition) is 1. The van der Waals surface area contributed by atoms with E-state index in [0.717, 1.165) is 24.8 Å². The molecule has 0 aliphatic heterocycles. The number of carbonyl (C=O) groups excluding carboxylic acids is 1. The third kappa shape index (κ3) is 3.97. The van der Waals surface area contributed by atoms with Gasteiger partial charge in [0.1, 0.15) is 6.20 Å². The number of nitrogens with one attached hydrogen (secondary N) is 1. The maximum Gasteiger partial charge on any atom is 0.269 e. The Morgan fingerprint density at radius 1 is 1.38 bits per heavy atom. The van der Waals surface area contributed by atoms with Crippen LogP contribution >= 0.6 is 11.3 Å². The summed E-state index contributed by atoms with van der Waals surface area (Å²) in [6, 6.07) is 6.29. The number of thiazole rings is 1. The van der Waals surface area contributed by atoms with Crippen LogP contribution in [0.3, 0.4) is 0 Å². The molecule has 0 saturated heterocycles. The highest BCUT2D eigenvalue weighted by molar-refractivity contribution is 7.13. The minimum Gasteiger partial charge on any atom is -0.301 e. The summed E-state index contributed by atoms with van der Waals surface area (Å²) in [7, 11) is 0. The number of non-ortho nitro benzene ring substituents is 1. The molecular weight excluding hydrogens is 326 g/mol.